The van der Waals surface area contributed by atoms with Crippen molar-refractivity contribution in [2.45, 2.75) is 77.0 Å². The molecule has 2 N–H and O–H groups in total. The number of guanidine groups is 1. The number of nitrogens with one attached hydrogen (secondary N) is 2. The van der Waals surface area contributed by atoms with Crippen LogP contribution in [-0.2, 0) is 29.7 Å². The summed E-state index contributed by atoms with van der Waals surface area (Å²) in [5, 5.41) is 11.7. The molecule has 1 unspecified atom stereocenters. The molecule has 1 aliphatic heterocycles. The molecule has 0 bridgehead atoms. The molecule has 2 aliphatic rings. The monoisotopic (exact) mass is 424 g/mol. The second-order valence-corrected chi connectivity index (χ2v) is 8.99. The van der Waals surface area contributed by atoms with Crippen molar-refractivity contribution in [1.29, 1.82) is 0 Å². The molecule has 1 saturated carbocycles. The van der Waals surface area contributed by atoms with Crippen molar-refractivity contribution in [3.05, 3.63) is 47.0 Å². The number of aryl methyl sites for hydroxylation is 2. The summed E-state index contributed by atoms with van der Waals surface area (Å²) in [4.78, 5) is 9.67. The molecule has 0 spiro atoms. The van der Waals surface area contributed by atoms with Gasteiger partial charge in [-0.1, -0.05) is 42.7 Å². The smallest absolute Gasteiger partial charge is 0.191 e. The van der Waals surface area contributed by atoms with Gasteiger partial charge in [-0.05, 0) is 38.7 Å². The van der Waals surface area contributed by atoms with E-state index >= 15 is 0 Å². The zero-order chi connectivity index (χ0) is 21.7. The van der Waals surface area contributed by atoms with Gasteiger partial charge in [0.1, 0.15) is 12.4 Å². The van der Waals surface area contributed by atoms with Gasteiger partial charge in [-0.15, -0.1) is 0 Å². The molecule has 2 heterocycles. The molecule has 7 nitrogen and oxygen atoms in total. The molecule has 1 aliphatic carbocycles. The normalized spacial score (nSPS) is 20.5. The summed E-state index contributed by atoms with van der Waals surface area (Å²) >= 11 is 0. The van der Waals surface area contributed by atoms with E-state index in [2.05, 4.69) is 58.8 Å². The van der Waals surface area contributed by atoms with Gasteiger partial charge in [0.15, 0.2) is 11.8 Å². The van der Waals surface area contributed by atoms with Crippen molar-refractivity contribution < 1.29 is 4.74 Å². The van der Waals surface area contributed by atoms with Crippen LogP contribution in [0, 0.1) is 6.92 Å². The maximum absolute atomic E-state index is 5.18. The lowest BCUT2D eigenvalue weighted by atomic mass is 9.78. The van der Waals surface area contributed by atoms with E-state index in [1.807, 2.05) is 4.68 Å². The first kappa shape index (κ1) is 21.8. The number of hydrogen-bond donors (Lipinski definition) is 2. The molecular formula is C24H36N6O. The highest BCUT2D eigenvalue weighted by atomic mass is 16.5. The highest BCUT2D eigenvalue weighted by Gasteiger charge is 2.35. The van der Waals surface area contributed by atoms with Crippen molar-refractivity contribution in [1.82, 2.24) is 25.4 Å². The molecule has 7 heteroatoms. The Kier molecular flexibility index (Phi) is 6.90. The number of aliphatic imine (C=N–C) groups is 1. The van der Waals surface area contributed by atoms with Gasteiger partial charge in [0.25, 0.3) is 0 Å². The minimum absolute atomic E-state index is 0.162. The van der Waals surface area contributed by atoms with E-state index in [1.54, 1.807) is 7.11 Å². The predicted octanol–water partition coefficient (Wildman–Crippen LogP) is 3.11. The molecule has 0 saturated heterocycles. The van der Waals surface area contributed by atoms with Crippen LogP contribution >= 0.6 is 0 Å². The first-order valence-electron chi connectivity index (χ1n) is 11.7. The average Bonchev–Trinajstić information content (AvgIpc) is 3.40. The number of benzene rings is 1. The van der Waals surface area contributed by atoms with Crippen LogP contribution in [0.3, 0.4) is 0 Å². The molecule has 1 aromatic heterocycles. The molecule has 1 atom stereocenters. The molecule has 2 aromatic rings. The third kappa shape index (κ3) is 5.09. The number of ether oxygens (including phenoxy) is 1. The molecular weight excluding hydrogens is 388 g/mol. The van der Waals surface area contributed by atoms with Crippen molar-refractivity contribution in [3.63, 3.8) is 0 Å². The summed E-state index contributed by atoms with van der Waals surface area (Å²) in [5.41, 5.74) is 2.94. The van der Waals surface area contributed by atoms with E-state index in [0.29, 0.717) is 12.6 Å². The van der Waals surface area contributed by atoms with E-state index in [0.717, 1.165) is 50.1 Å². The van der Waals surface area contributed by atoms with Crippen molar-refractivity contribution in [2.75, 3.05) is 20.2 Å². The van der Waals surface area contributed by atoms with E-state index in [9.17, 15) is 0 Å². The zero-order valence-corrected chi connectivity index (χ0v) is 19.2. The Morgan fingerprint density at radius 2 is 2.16 bits per heavy atom. The standard InChI is InChI=1S/C24H36N6O/c1-4-25-23(27-20-10-11-22-28-21(16-31-3)29-30(22)15-20)26-17-24(12-5-6-13-24)19-9-7-8-18(2)14-19/h7-9,14,20H,4-6,10-13,15-17H2,1-3H3,(H2,25,26,27). The van der Waals surface area contributed by atoms with Crippen molar-refractivity contribution in [2.24, 2.45) is 4.99 Å². The molecule has 0 amide bonds. The van der Waals surface area contributed by atoms with Gasteiger partial charge in [-0.2, -0.15) is 5.10 Å². The summed E-state index contributed by atoms with van der Waals surface area (Å²) in [7, 11) is 1.68. The molecule has 31 heavy (non-hydrogen) atoms. The fourth-order valence-electron chi connectivity index (χ4n) is 4.98. The molecule has 1 aromatic carbocycles. The highest BCUT2D eigenvalue weighted by Crippen LogP contribution is 2.41. The van der Waals surface area contributed by atoms with Gasteiger partial charge in [0.2, 0.25) is 0 Å². The maximum atomic E-state index is 5.18. The SMILES string of the molecule is CCNC(=NCC1(c2cccc(C)c2)CCCC1)NC1CCc2nc(COC)nn2C1. The number of methoxy groups -OCH3 is 1. The molecule has 0 radical (unpaired) electrons. The van der Waals surface area contributed by atoms with Crippen LogP contribution in [0.15, 0.2) is 29.3 Å². The zero-order valence-electron chi connectivity index (χ0n) is 19.2. The summed E-state index contributed by atoms with van der Waals surface area (Å²) in [6, 6.07) is 9.31. The van der Waals surface area contributed by atoms with Gasteiger partial charge >= 0.3 is 0 Å². The van der Waals surface area contributed by atoms with Crippen LogP contribution in [0.1, 0.15) is 61.8 Å². The lowest BCUT2D eigenvalue weighted by molar-refractivity contribution is 0.177. The first-order valence-corrected chi connectivity index (χ1v) is 11.7. The number of nitrogens with zero attached hydrogens (tertiary/aromatic N) is 4. The number of fused-ring (bicyclic) bond motifs is 1. The third-order valence-corrected chi connectivity index (χ3v) is 6.59. The Bertz CT molecular complexity index is 899. The fourth-order valence-corrected chi connectivity index (χ4v) is 4.98. The van der Waals surface area contributed by atoms with E-state index in [1.165, 1.54) is 36.8 Å². The molecule has 168 valence electrons. The van der Waals surface area contributed by atoms with Gasteiger partial charge in [0.05, 0.1) is 13.1 Å². The Labute approximate surface area is 185 Å². The number of aromatic nitrogens is 3. The quantitative estimate of drug-likeness (QED) is 0.528. The van der Waals surface area contributed by atoms with E-state index in [-0.39, 0.29) is 5.41 Å². The topological polar surface area (TPSA) is 76.4 Å². The largest absolute Gasteiger partial charge is 0.377 e. The molecule has 4 rings (SSSR count). The summed E-state index contributed by atoms with van der Waals surface area (Å²) in [6.45, 7) is 7.24. The Balaban J connectivity index is 1.46. The molecule has 1 fully saturated rings. The Hall–Kier alpha value is -2.41. The van der Waals surface area contributed by atoms with Crippen LogP contribution in [0.4, 0.5) is 0 Å². The summed E-state index contributed by atoms with van der Waals surface area (Å²) in [6.07, 6.45) is 6.95. The van der Waals surface area contributed by atoms with Gasteiger partial charge in [-0.25, -0.2) is 9.67 Å². The van der Waals surface area contributed by atoms with Gasteiger partial charge in [0, 0.05) is 31.5 Å². The summed E-state index contributed by atoms with van der Waals surface area (Å²) < 4.78 is 7.20. The van der Waals surface area contributed by atoms with Crippen LogP contribution in [0.2, 0.25) is 0 Å². The van der Waals surface area contributed by atoms with Crippen LogP contribution < -0.4 is 10.6 Å². The van der Waals surface area contributed by atoms with Crippen LogP contribution in [0.5, 0.6) is 0 Å². The fraction of sp³-hybridized carbons (Fsp3) is 0.625. The van der Waals surface area contributed by atoms with Crippen molar-refractivity contribution in [3.8, 4) is 0 Å². The maximum Gasteiger partial charge on any atom is 0.191 e. The number of rotatable bonds is 7. The Morgan fingerprint density at radius 1 is 1.32 bits per heavy atom. The first-order chi connectivity index (χ1) is 15.1. The minimum atomic E-state index is 0.162. The van der Waals surface area contributed by atoms with E-state index in [4.69, 9.17) is 9.73 Å². The highest BCUT2D eigenvalue weighted by molar-refractivity contribution is 5.80. The summed E-state index contributed by atoms with van der Waals surface area (Å²) in [5.74, 6) is 2.73. The van der Waals surface area contributed by atoms with Crippen LogP contribution in [-0.4, -0.2) is 47.0 Å². The van der Waals surface area contributed by atoms with Gasteiger partial charge in [-0.3, -0.25) is 4.99 Å². The van der Waals surface area contributed by atoms with Crippen LogP contribution in [0.25, 0.3) is 0 Å². The average molecular weight is 425 g/mol. The predicted molar refractivity (Wildman–Crippen MR) is 123 cm³/mol. The Morgan fingerprint density at radius 3 is 2.90 bits per heavy atom. The number of hydrogen-bond acceptors (Lipinski definition) is 4. The van der Waals surface area contributed by atoms with E-state index < -0.39 is 0 Å². The lowest BCUT2D eigenvalue weighted by Crippen LogP contribution is -2.47. The minimum Gasteiger partial charge on any atom is -0.377 e. The van der Waals surface area contributed by atoms with Crippen molar-refractivity contribution >= 4 is 5.96 Å². The second kappa shape index (κ2) is 9.81. The third-order valence-electron chi connectivity index (χ3n) is 6.59. The second-order valence-electron chi connectivity index (χ2n) is 8.99. The lowest BCUT2D eigenvalue weighted by Gasteiger charge is -2.30. The van der Waals surface area contributed by atoms with Gasteiger partial charge < -0.3 is 15.4 Å².